The number of nitrogens with one attached hydrogen (secondary N) is 1. The van der Waals surface area contributed by atoms with Gasteiger partial charge in [-0.1, -0.05) is 35.9 Å². The molecule has 41 heavy (non-hydrogen) atoms. The number of nitrogens with zero attached hydrogens (tertiary/aromatic N) is 2. The van der Waals surface area contributed by atoms with Crippen LogP contribution in [-0.4, -0.2) is 41.5 Å². The van der Waals surface area contributed by atoms with E-state index in [1.807, 2.05) is 74.3 Å². The second-order valence-corrected chi connectivity index (χ2v) is 11.5. The van der Waals surface area contributed by atoms with Crippen molar-refractivity contribution in [2.45, 2.75) is 58.2 Å². The summed E-state index contributed by atoms with van der Waals surface area (Å²) in [7, 11) is 2.01. The highest BCUT2D eigenvalue weighted by molar-refractivity contribution is 7.21. The summed E-state index contributed by atoms with van der Waals surface area (Å²) < 4.78 is 7.07. The average molecular weight is 636 g/mol. The molecular weight excluding hydrogens is 599 g/mol. The largest absolute Gasteiger partial charge is 0.494 e. The summed E-state index contributed by atoms with van der Waals surface area (Å²) in [5.74, 6) is 1.26. The third-order valence-electron chi connectivity index (χ3n) is 7.66. The van der Waals surface area contributed by atoms with E-state index < -0.39 is 0 Å². The summed E-state index contributed by atoms with van der Waals surface area (Å²) in [4.78, 5) is 21.4. The lowest BCUT2D eigenvalue weighted by molar-refractivity contribution is 0.0604. The van der Waals surface area contributed by atoms with Gasteiger partial charge in [-0.2, -0.15) is 0 Å². The number of nitrogen functional groups attached to an aromatic ring is 1. The molecule has 0 atom stereocenters. The van der Waals surface area contributed by atoms with Crippen LogP contribution in [0.1, 0.15) is 53.5 Å². The molecule has 0 unspecified atom stereocenters. The number of amides is 1. The molecule has 2 aromatic heterocycles. The first-order valence-corrected chi connectivity index (χ1v) is 14.7. The van der Waals surface area contributed by atoms with Gasteiger partial charge in [-0.15, -0.1) is 36.2 Å². The van der Waals surface area contributed by atoms with Gasteiger partial charge in [0, 0.05) is 45.5 Å². The predicted octanol–water partition coefficient (Wildman–Crippen LogP) is 7.92. The molecule has 220 valence electrons. The van der Waals surface area contributed by atoms with Crippen LogP contribution in [0.4, 0.5) is 5.82 Å². The van der Waals surface area contributed by atoms with Gasteiger partial charge in [0.25, 0.3) is 5.91 Å². The Labute approximate surface area is 263 Å². The van der Waals surface area contributed by atoms with Crippen LogP contribution in [0.3, 0.4) is 0 Å². The van der Waals surface area contributed by atoms with Gasteiger partial charge in [-0.05, 0) is 82.5 Å². The fraction of sp³-hybridized carbons (Fsp3) is 0.355. The second kappa shape index (κ2) is 14.6. The molecule has 1 aliphatic rings. The standard InChI is InChI=1S/C31H35ClN4O2S.2ClH/c1-4-38-26-15-9-20(24-14-16-28(33)35-19(24)2)17-21(26)18-36(23-12-10-22(34-3)11-13-23)31(37)30-29(32)25-7-5-6-8-27(25)39-30;;/h5-9,14-17,22-23,34H,4,10-13,18H2,1-3H3,(H2,33,35);2*1H. The minimum absolute atomic E-state index is 0. The fourth-order valence-electron chi connectivity index (χ4n) is 5.56. The van der Waals surface area contributed by atoms with Crippen LogP contribution in [0.15, 0.2) is 54.6 Å². The molecule has 0 radical (unpaired) electrons. The average Bonchev–Trinajstić information content (AvgIpc) is 3.29. The summed E-state index contributed by atoms with van der Waals surface area (Å²) >= 11 is 8.28. The number of rotatable bonds is 8. The van der Waals surface area contributed by atoms with Crippen molar-refractivity contribution in [1.82, 2.24) is 15.2 Å². The first-order valence-electron chi connectivity index (χ1n) is 13.5. The van der Waals surface area contributed by atoms with E-state index in [0.717, 1.165) is 63.9 Å². The number of fused-ring (bicyclic) bond motifs is 1. The Balaban J connectivity index is 0.00000231. The number of halogens is 3. The topological polar surface area (TPSA) is 80.5 Å². The van der Waals surface area contributed by atoms with Gasteiger partial charge in [0.2, 0.25) is 0 Å². The van der Waals surface area contributed by atoms with Gasteiger partial charge in [-0.3, -0.25) is 4.79 Å². The smallest absolute Gasteiger partial charge is 0.266 e. The predicted molar refractivity (Wildman–Crippen MR) is 176 cm³/mol. The van der Waals surface area contributed by atoms with Crippen LogP contribution < -0.4 is 15.8 Å². The lowest BCUT2D eigenvalue weighted by Gasteiger charge is -2.37. The van der Waals surface area contributed by atoms with E-state index in [2.05, 4.69) is 16.4 Å². The molecule has 10 heteroatoms. The van der Waals surface area contributed by atoms with E-state index in [1.165, 1.54) is 11.3 Å². The van der Waals surface area contributed by atoms with E-state index in [4.69, 9.17) is 22.1 Å². The monoisotopic (exact) mass is 634 g/mol. The highest BCUT2D eigenvalue weighted by Gasteiger charge is 2.32. The summed E-state index contributed by atoms with van der Waals surface area (Å²) in [6.07, 6.45) is 3.92. The van der Waals surface area contributed by atoms with E-state index in [0.29, 0.717) is 34.9 Å². The van der Waals surface area contributed by atoms with Crippen LogP contribution in [0.5, 0.6) is 5.75 Å². The minimum Gasteiger partial charge on any atom is -0.494 e. The quantitative estimate of drug-likeness (QED) is 0.206. The molecule has 0 saturated heterocycles. The van der Waals surface area contributed by atoms with Gasteiger partial charge in [0.15, 0.2) is 0 Å². The number of hydrogen-bond acceptors (Lipinski definition) is 6. The van der Waals surface area contributed by atoms with Crippen molar-refractivity contribution >= 4 is 69.6 Å². The van der Waals surface area contributed by atoms with Gasteiger partial charge in [-0.25, -0.2) is 4.98 Å². The maximum atomic E-state index is 14.3. The van der Waals surface area contributed by atoms with Gasteiger partial charge in [0.1, 0.15) is 16.4 Å². The summed E-state index contributed by atoms with van der Waals surface area (Å²) in [5.41, 5.74) is 9.76. The maximum Gasteiger partial charge on any atom is 0.266 e. The van der Waals surface area contributed by atoms with Crippen molar-refractivity contribution in [2.24, 2.45) is 0 Å². The number of aryl methyl sites for hydroxylation is 1. The first-order chi connectivity index (χ1) is 18.9. The normalized spacial score (nSPS) is 16.5. The van der Waals surface area contributed by atoms with Crippen LogP contribution in [0.2, 0.25) is 5.02 Å². The zero-order chi connectivity index (χ0) is 27.5. The number of anilines is 1. The third-order valence-corrected chi connectivity index (χ3v) is 9.32. The Kier molecular flexibility index (Phi) is 11.7. The Morgan fingerprint density at radius 3 is 2.51 bits per heavy atom. The highest BCUT2D eigenvalue weighted by Crippen LogP contribution is 2.38. The Morgan fingerprint density at radius 1 is 1.12 bits per heavy atom. The van der Waals surface area contributed by atoms with Crippen molar-refractivity contribution < 1.29 is 9.53 Å². The van der Waals surface area contributed by atoms with Gasteiger partial charge in [0.05, 0.1) is 11.6 Å². The molecular formula is C31H37Cl3N4O2S. The van der Waals surface area contributed by atoms with Crippen molar-refractivity contribution in [1.29, 1.82) is 0 Å². The molecule has 0 spiro atoms. The van der Waals surface area contributed by atoms with Crippen molar-refractivity contribution in [2.75, 3.05) is 19.4 Å². The number of pyridine rings is 1. The molecule has 4 aromatic rings. The van der Waals surface area contributed by atoms with E-state index in [-0.39, 0.29) is 36.8 Å². The van der Waals surface area contributed by atoms with Gasteiger partial charge < -0.3 is 20.7 Å². The first kappa shape index (κ1) is 33.0. The number of hydrogen-bond donors (Lipinski definition) is 2. The summed E-state index contributed by atoms with van der Waals surface area (Å²) in [6, 6.07) is 18.5. The summed E-state index contributed by atoms with van der Waals surface area (Å²) in [6.45, 7) is 4.91. The third kappa shape index (κ3) is 7.09. The molecule has 5 rings (SSSR count). The zero-order valence-corrected chi connectivity index (χ0v) is 26.7. The van der Waals surface area contributed by atoms with Crippen molar-refractivity contribution in [3.8, 4) is 16.9 Å². The molecule has 1 saturated carbocycles. The fourth-order valence-corrected chi connectivity index (χ4v) is 7.03. The van der Waals surface area contributed by atoms with E-state index in [1.54, 1.807) is 0 Å². The van der Waals surface area contributed by atoms with Crippen LogP contribution in [0.25, 0.3) is 21.2 Å². The number of benzene rings is 2. The lowest BCUT2D eigenvalue weighted by atomic mass is 9.89. The molecule has 1 fully saturated rings. The second-order valence-electron chi connectivity index (χ2n) is 10.1. The number of ether oxygens (including phenoxy) is 1. The maximum absolute atomic E-state index is 14.3. The molecule has 1 amide bonds. The lowest BCUT2D eigenvalue weighted by Crippen LogP contribution is -2.44. The number of aromatic nitrogens is 1. The molecule has 3 N–H and O–H groups in total. The molecule has 1 aliphatic carbocycles. The molecule has 2 heterocycles. The van der Waals surface area contributed by atoms with Crippen LogP contribution in [-0.2, 0) is 6.54 Å². The number of carbonyl (C=O) groups excluding carboxylic acids is 1. The van der Waals surface area contributed by atoms with Crippen molar-refractivity contribution in [3.63, 3.8) is 0 Å². The Hall–Kier alpha value is -2.55. The number of carbonyl (C=O) groups is 1. The van der Waals surface area contributed by atoms with Crippen LogP contribution >= 0.6 is 47.8 Å². The van der Waals surface area contributed by atoms with Crippen molar-refractivity contribution in [3.05, 3.63) is 75.8 Å². The Bertz CT molecular complexity index is 1490. The number of thiophene rings is 1. The number of nitrogens with two attached hydrogens (primary N) is 1. The summed E-state index contributed by atoms with van der Waals surface area (Å²) in [5, 5.41) is 4.87. The Morgan fingerprint density at radius 2 is 1.85 bits per heavy atom. The van der Waals surface area contributed by atoms with Crippen LogP contribution in [0, 0.1) is 6.92 Å². The van der Waals surface area contributed by atoms with E-state index in [9.17, 15) is 4.79 Å². The van der Waals surface area contributed by atoms with Gasteiger partial charge >= 0.3 is 0 Å². The highest BCUT2D eigenvalue weighted by atomic mass is 35.5. The minimum atomic E-state index is -0.0210. The zero-order valence-electron chi connectivity index (χ0n) is 23.5. The molecule has 6 nitrogen and oxygen atoms in total. The van der Waals surface area contributed by atoms with E-state index >= 15 is 0 Å². The SMILES string of the molecule is CCOc1ccc(-c2ccc(N)nc2C)cc1CN(C(=O)c1sc2ccccc2c1Cl)C1CCC(NC)CC1.Cl.Cl. The molecule has 0 aliphatic heterocycles. The molecule has 2 aromatic carbocycles. The molecule has 0 bridgehead atoms.